The normalized spacial score (nSPS) is 16.4. The number of hydrogen-bond donors (Lipinski definition) is 1. The van der Waals surface area contributed by atoms with Gasteiger partial charge in [0.25, 0.3) is 0 Å². The number of carbonyl (C=O) groups excluding carboxylic acids is 1. The van der Waals surface area contributed by atoms with Crippen LogP contribution in [-0.2, 0) is 27.8 Å². The smallest absolute Gasteiger partial charge is 0.214 e. The number of aromatic nitrogens is 2. The number of carbonyl (C=O) groups is 1. The van der Waals surface area contributed by atoms with Crippen LogP contribution >= 0.6 is 0 Å². The van der Waals surface area contributed by atoms with Gasteiger partial charge >= 0.3 is 0 Å². The lowest BCUT2D eigenvalue weighted by Gasteiger charge is -2.17. The fourth-order valence-electron chi connectivity index (χ4n) is 3.34. The zero-order valence-electron chi connectivity index (χ0n) is 16.9. The Balaban J connectivity index is 1.58. The molecule has 0 aliphatic heterocycles. The van der Waals surface area contributed by atoms with E-state index in [4.69, 9.17) is 4.98 Å². The number of nitrogens with zero attached hydrogens (tertiary/aromatic N) is 2. The van der Waals surface area contributed by atoms with Gasteiger partial charge in [0.15, 0.2) is 5.78 Å². The molecule has 0 spiro atoms. The van der Waals surface area contributed by atoms with Gasteiger partial charge in [-0.2, -0.15) is 0 Å². The summed E-state index contributed by atoms with van der Waals surface area (Å²) in [4.78, 5) is 22.0. The summed E-state index contributed by atoms with van der Waals surface area (Å²) in [5.41, 5.74) is 4.00. The Bertz CT molecular complexity index is 1110. The van der Waals surface area contributed by atoms with Gasteiger partial charge in [0.1, 0.15) is 0 Å². The molecule has 2 aliphatic carbocycles. The molecule has 1 fully saturated rings. The Hall–Kier alpha value is -2.38. The minimum Gasteiger partial charge on any atom is -0.294 e. The van der Waals surface area contributed by atoms with E-state index in [2.05, 4.69) is 9.71 Å². The van der Waals surface area contributed by atoms with Crippen molar-refractivity contribution in [3.63, 3.8) is 0 Å². The highest BCUT2D eigenvalue weighted by molar-refractivity contribution is 7.90. The molecule has 1 heterocycles. The second-order valence-electron chi connectivity index (χ2n) is 8.72. The van der Waals surface area contributed by atoms with Crippen LogP contribution in [0.5, 0.6) is 0 Å². The average molecular weight is 412 g/mol. The van der Waals surface area contributed by atoms with Gasteiger partial charge < -0.3 is 0 Å². The van der Waals surface area contributed by atoms with Gasteiger partial charge in [0.2, 0.25) is 10.0 Å². The number of fused-ring (bicyclic) bond motifs is 1. The first-order valence-electron chi connectivity index (χ1n) is 9.84. The molecule has 0 unspecified atom stereocenters. The van der Waals surface area contributed by atoms with Gasteiger partial charge in [-0.25, -0.2) is 18.1 Å². The summed E-state index contributed by atoms with van der Waals surface area (Å²) in [6, 6.07) is 7.59. The third-order valence-corrected chi connectivity index (χ3v) is 7.09. The van der Waals surface area contributed by atoms with Crippen LogP contribution in [0.4, 0.5) is 0 Å². The van der Waals surface area contributed by atoms with Crippen molar-refractivity contribution in [1.29, 1.82) is 0 Å². The van der Waals surface area contributed by atoms with Gasteiger partial charge in [-0.3, -0.25) is 9.78 Å². The zero-order chi connectivity index (χ0) is 20.8. The second kappa shape index (κ2) is 7.15. The molecule has 2 aromatic rings. The van der Waals surface area contributed by atoms with Crippen molar-refractivity contribution in [1.82, 2.24) is 14.7 Å². The predicted molar refractivity (Wildman–Crippen MR) is 112 cm³/mol. The van der Waals surface area contributed by atoms with Crippen LogP contribution < -0.4 is 4.72 Å². The molecule has 4 rings (SSSR count). The number of benzene rings is 1. The number of Topliss-reactive ketones (excluding diaryl/α,β-unsaturated/α-hetero) is 1. The first-order valence-corrected chi connectivity index (χ1v) is 11.4. The van der Waals surface area contributed by atoms with Gasteiger partial charge in [-0.1, -0.05) is 45.0 Å². The highest BCUT2D eigenvalue weighted by atomic mass is 32.2. The topological polar surface area (TPSA) is 89.0 Å². The van der Waals surface area contributed by atoms with Crippen molar-refractivity contribution >= 4 is 21.4 Å². The van der Waals surface area contributed by atoms with E-state index >= 15 is 0 Å². The Labute approximate surface area is 171 Å². The van der Waals surface area contributed by atoms with Crippen LogP contribution in [0, 0.1) is 5.41 Å². The molecular formula is C22H25N3O3S. The van der Waals surface area contributed by atoms with Crippen LogP contribution in [0.25, 0.3) is 16.8 Å². The van der Waals surface area contributed by atoms with Crippen molar-refractivity contribution in [2.45, 2.75) is 51.8 Å². The van der Waals surface area contributed by atoms with Crippen LogP contribution in [0.2, 0.25) is 0 Å². The van der Waals surface area contributed by atoms with Crippen molar-refractivity contribution in [3.05, 3.63) is 53.5 Å². The zero-order valence-corrected chi connectivity index (χ0v) is 17.7. The third-order valence-electron chi connectivity index (χ3n) is 5.19. The number of sulfonamides is 1. The fourth-order valence-corrected chi connectivity index (χ4v) is 4.70. The first kappa shape index (κ1) is 19.9. The van der Waals surface area contributed by atoms with E-state index in [0.717, 1.165) is 29.7 Å². The lowest BCUT2D eigenvalue weighted by atomic mass is 9.86. The number of rotatable bonds is 6. The molecule has 1 N–H and O–H groups in total. The van der Waals surface area contributed by atoms with Crippen LogP contribution in [0.15, 0.2) is 36.5 Å². The van der Waals surface area contributed by atoms with E-state index < -0.39 is 15.4 Å². The fraction of sp³-hybridized carbons (Fsp3) is 0.409. The molecule has 1 aromatic carbocycles. The van der Waals surface area contributed by atoms with E-state index in [1.807, 2.05) is 51.1 Å². The van der Waals surface area contributed by atoms with E-state index in [0.29, 0.717) is 23.4 Å². The lowest BCUT2D eigenvalue weighted by Crippen LogP contribution is -2.26. The quantitative estimate of drug-likeness (QED) is 0.788. The molecule has 6 nitrogen and oxygen atoms in total. The first-order chi connectivity index (χ1) is 13.6. The van der Waals surface area contributed by atoms with Gasteiger partial charge in [0.05, 0.1) is 28.5 Å². The van der Waals surface area contributed by atoms with Gasteiger partial charge in [-0.05, 0) is 24.5 Å². The molecular weight excluding hydrogens is 386 g/mol. The maximum atomic E-state index is 12.8. The molecule has 0 atom stereocenters. The van der Waals surface area contributed by atoms with E-state index in [9.17, 15) is 13.2 Å². The molecule has 0 radical (unpaired) electrons. The summed E-state index contributed by atoms with van der Waals surface area (Å²) in [6.07, 6.45) is 5.71. The molecule has 0 saturated heterocycles. The van der Waals surface area contributed by atoms with Crippen LogP contribution in [0.3, 0.4) is 0 Å². The molecule has 2 aliphatic rings. The molecule has 29 heavy (non-hydrogen) atoms. The molecule has 1 saturated carbocycles. The lowest BCUT2D eigenvalue weighted by molar-refractivity contribution is -0.120. The summed E-state index contributed by atoms with van der Waals surface area (Å²) >= 11 is 0. The summed E-state index contributed by atoms with van der Waals surface area (Å²) in [7, 11) is -3.22. The Morgan fingerprint density at radius 1 is 1.24 bits per heavy atom. The predicted octanol–water partition coefficient (Wildman–Crippen LogP) is 3.28. The minimum atomic E-state index is -3.22. The third kappa shape index (κ3) is 4.16. The standard InChI is InChI=1S/C22H25N3O3S/c1-22(2,3)21(26)17-9-10-18-20(17)25-19(13-23-18)15-6-4-5-14(11-15)12-24-29(27,28)16-7-8-16/h4-6,9,11,13,16,24H,7-8,10,12H2,1-3H3. The average Bonchev–Trinajstić information content (AvgIpc) is 3.46. The summed E-state index contributed by atoms with van der Waals surface area (Å²) < 4.78 is 26.8. The number of ketones is 1. The Morgan fingerprint density at radius 3 is 2.69 bits per heavy atom. The van der Waals surface area contributed by atoms with Crippen LogP contribution in [-0.4, -0.2) is 29.4 Å². The van der Waals surface area contributed by atoms with Crippen molar-refractivity contribution in [3.8, 4) is 11.3 Å². The highest BCUT2D eigenvalue weighted by Gasteiger charge is 2.35. The van der Waals surface area contributed by atoms with Crippen LogP contribution in [0.1, 0.15) is 50.6 Å². The number of nitrogens with one attached hydrogen (secondary N) is 1. The molecule has 7 heteroatoms. The van der Waals surface area contributed by atoms with Crippen molar-refractivity contribution in [2.75, 3.05) is 0 Å². The molecule has 1 aromatic heterocycles. The van der Waals surface area contributed by atoms with Gasteiger partial charge in [0, 0.05) is 29.5 Å². The summed E-state index contributed by atoms with van der Waals surface area (Å²) in [6.45, 7) is 5.95. The highest BCUT2D eigenvalue weighted by Crippen LogP contribution is 2.33. The molecule has 152 valence electrons. The minimum absolute atomic E-state index is 0.0610. The summed E-state index contributed by atoms with van der Waals surface area (Å²) in [5.74, 6) is 0.0610. The number of hydrogen-bond acceptors (Lipinski definition) is 5. The van der Waals surface area contributed by atoms with Gasteiger partial charge in [-0.15, -0.1) is 0 Å². The van der Waals surface area contributed by atoms with Crippen molar-refractivity contribution in [2.24, 2.45) is 5.41 Å². The number of allylic oxidation sites excluding steroid dienone is 2. The monoisotopic (exact) mass is 411 g/mol. The Morgan fingerprint density at radius 2 is 2.00 bits per heavy atom. The SMILES string of the molecule is CC(C)(C)C(=O)C1=CCc2ncc(-c3cccc(CNS(=O)(=O)C4CC4)c3)nc21. The Kier molecular flexibility index (Phi) is 4.91. The van der Waals surface area contributed by atoms with E-state index in [-0.39, 0.29) is 17.6 Å². The molecule has 0 bridgehead atoms. The van der Waals surface area contributed by atoms with E-state index in [1.54, 1.807) is 6.20 Å². The maximum absolute atomic E-state index is 12.8. The van der Waals surface area contributed by atoms with E-state index in [1.165, 1.54) is 0 Å². The largest absolute Gasteiger partial charge is 0.294 e. The maximum Gasteiger partial charge on any atom is 0.214 e. The molecule has 0 amide bonds. The van der Waals surface area contributed by atoms with Crippen molar-refractivity contribution < 1.29 is 13.2 Å². The second-order valence-corrected chi connectivity index (χ2v) is 10.8. The summed E-state index contributed by atoms with van der Waals surface area (Å²) in [5, 5.41) is -0.237.